The van der Waals surface area contributed by atoms with Crippen LogP contribution in [0.25, 0.3) is 0 Å². The number of ether oxygens (including phenoxy) is 3. The molecule has 0 fully saturated rings. The van der Waals surface area contributed by atoms with Gasteiger partial charge in [-0.3, -0.25) is 14.4 Å². The molecule has 0 bridgehead atoms. The van der Waals surface area contributed by atoms with Gasteiger partial charge in [-0.1, -0.05) is 280 Å². The van der Waals surface area contributed by atoms with Crippen molar-refractivity contribution in [2.24, 2.45) is 0 Å². The molecule has 0 aromatic heterocycles. The number of carbonyl (C=O) groups is 3. The van der Waals surface area contributed by atoms with Gasteiger partial charge < -0.3 is 14.2 Å². The van der Waals surface area contributed by atoms with Gasteiger partial charge in [0.2, 0.25) is 0 Å². The van der Waals surface area contributed by atoms with Crippen LogP contribution < -0.4 is 0 Å². The lowest BCUT2D eigenvalue weighted by atomic mass is 10.0. The van der Waals surface area contributed by atoms with Crippen molar-refractivity contribution in [3.05, 3.63) is 72.9 Å². The smallest absolute Gasteiger partial charge is 0.306 e. The Morgan fingerprint density at radius 1 is 0.288 bits per heavy atom. The second-order valence-electron chi connectivity index (χ2n) is 20.9. The fourth-order valence-corrected chi connectivity index (χ4v) is 9.00. The maximum absolute atomic E-state index is 12.9. The molecule has 0 aromatic rings. The third-order valence-corrected chi connectivity index (χ3v) is 13.7. The van der Waals surface area contributed by atoms with E-state index in [1.165, 1.54) is 180 Å². The number of esters is 3. The fourth-order valence-electron chi connectivity index (χ4n) is 9.00. The van der Waals surface area contributed by atoms with Crippen molar-refractivity contribution in [2.75, 3.05) is 13.2 Å². The topological polar surface area (TPSA) is 78.9 Å². The maximum atomic E-state index is 12.9. The molecule has 0 rings (SSSR count). The van der Waals surface area contributed by atoms with Crippen LogP contribution in [-0.2, 0) is 28.6 Å². The van der Waals surface area contributed by atoms with E-state index in [1.54, 1.807) is 0 Å². The van der Waals surface area contributed by atoms with Crippen molar-refractivity contribution in [3.8, 4) is 0 Å². The molecule has 6 heteroatoms. The summed E-state index contributed by atoms with van der Waals surface area (Å²) in [7, 11) is 0. The van der Waals surface area contributed by atoms with Gasteiger partial charge in [0.25, 0.3) is 0 Å². The van der Waals surface area contributed by atoms with Crippen LogP contribution in [0.1, 0.15) is 316 Å². The first-order valence-corrected chi connectivity index (χ1v) is 31.4. The molecule has 0 saturated heterocycles. The molecule has 0 heterocycles. The summed E-state index contributed by atoms with van der Waals surface area (Å²) in [6.07, 6.45) is 79.1. The van der Waals surface area contributed by atoms with Crippen molar-refractivity contribution >= 4 is 17.9 Å². The van der Waals surface area contributed by atoms with Crippen molar-refractivity contribution in [3.63, 3.8) is 0 Å². The highest BCUT2D eigenvalue weighted by Gasteiger charge is 2.19. The molecule has 0 amide bonds. The Labute approximate surface area is 453 Å². The van der Waals surface area contributed by atoms with Gasteiger partial charge in [0.1, 0.15) is 13.2 Å². The summed E-state index contributed by atoms with van der Waals surface area (Å²) in [5.41, 5.74) is 0. The molecule has 0 saturated carbocycles. The van der Waals surface area contributed by atoms with Crippen LogP contribution in [0.5, 0.6) is 0 Å². The molecular weight excluding hydrogens is 901 g/mol. The second-order valence-corrected chi connectivity index (χ2v) is 20.9. The van der Waals surface area contributed by atoms with Crippen LogP contribution in [0.3, 0.4) is 0 Å². The van der Waals surface area contributed by atoms with Crippen LogP contribution in [0, 0.1) is 0 Å². The standard InChI is InChI=1S/C67H118O6/c1-4-7-10-13-16-19-22-25-27-29-30-31-32-33-34-35-36-38-39-42-45-48-51-54-57-60-66(69)72-63-64(62-71-65(68)59-56-53-50-47-44-41-24-21-18-15-12-9-6-3)73-67(70)61-58-55-52-49-46-43-40-37-28-26-23-20-17-14-11-8-5-2/h9,12,18,21-22,25,29-30,32-33,41,44,64H,4-8,10-11,13-17,19-20,23-24,26-28,31,34-40,42-43,45-63H2,1-3H3/b12-9-,21-18-,25-22-,30-29-,33-32-,44-41-. The van der Waals surface area contributed by atoms with E-state index < -0.39 is 6.10 Å². The van der Waals surface area contributed by atoms with Gasteiger partial charge in [-0.25, -0.2) is 0 Å². The molecule has 0 aliphatic rings. The average Bonchev–Trinajstić information content (AvgIpc) is 3.39. The number of unbranched alkanes of at least 4 members (excludes halogenated alkanes) is 34. The molecule has 73 heavy (non-hydrogen) atoms. The van der Waals surface area contributed by atoms with Gasteiger partial charge in [-0.15, -0.1) is 0 Å². The highest BCUT2D eigenvalue weighted by Crippen LogP contribution is 2.17. The first kappa shape index (κ1) is 69.8. The highest BCUT2D eigenvalue weighted by atomic mass is 16.6. The zero-order valence-electron chi connectivity index (χ0n) is 48.4. The first-order chi connectivity index (χ1) is 36.0. The minimum Gasteiger partial charge on any atom is -0.462 e. The van der Waals surface area contributed by atoms with E-state index in [1.807, 2.05) is 0 Å². The fraction of sp³-hybridized carbons (Fsp3) is 0.776. The Morgan fingerprint density at radius 2 is 0.534 bits per heavy atom. The van der Waals surface area contributed by atoms with E-state index >= 15 is 0 Å². The predicted octanol–water partition coefficient (Wildman–Crippen LogP) is 21.3. The van der Waals surface area contributed by atoms with E-state index in [2.05, 4.69) is 93.7 Å². The molecule has 0 spiro atoms. The summed E-state index contributed by atoms with van der Waals surface area (Å²) in [6, 6.07) is 0. The molecule has 6 nitrogen and oxygen atoms in total. The van der Waals surface area contributed by atoms with Crippen molar-refractivity contribution < 1.29 is 28.6 Å². The minimum atomic E-state index is -0.788. The van der Waals surface area contributed by atoms with E-state index in [4.69, 9.17) is 14.2 Å². The number of carbonyl (C=O) groups excluding carboxylic acids is 3. The van der Waals surface area contributed by atoms with E-state index in [9.17, 15) is 14.4 Å². The van der Waals surface area contributed by atoms with Gasteiger partial charge in [-0.2, -0.15) is 0 Å². The van der Waals surface area contributed by atoms with Crippen LogP contribution >= 0.6 is 0 Å². The SMILES string of the molecule is CC/C=C\C/C=C\C/C=C\CCCCCC(=O)OCC(COC(=O)CCCCCCCCCCCC/C=C\C/C=C\C/C=C\CCCCCCC)OC(=O)CCCCCCCCCCCCCCCCCCC. The summed E-state index contributed by atoms with van der Waals surface area (Å²) in [5, 5.41) is 0. The third-order valence-electron chi connectivity index (χ3n) is 13.7. The van der Waals surface area contributed by atoms with Gasteiger partial charge in [0, 0.05) is 19.3 Å². The lowest BCUT2D eigenvalue weighted by Crippen LogP contribution is -2.30. The van der Waals surface area contributed by atoms with Crippen molar-refractivity contribution in [1.82, 2.24) is 0 Å². The normalized spacial score (nSPS) is 12.5. The maximum Gasteiger partial charge on any atom is 0.306 e. The number of allylic oxidation sites excluding steroid dienone is 12. The van der Waals surface area contributed by atoms with E-state index in [0.717, 1.165) is 96.3 Å². The zero-order chi connectivity index (χ0) is 52.9. The molecule has 1 unspecified atom stereocenters. The third kappa shape index (κ3) is 59.6. The van der Waals surface area contributed by atoms with Gasteiger partial charge >= 0.3 is 17.9 Å². The monoisotopic (exact) mass is 1020 g/mol. The van der Waals surface area contributed by atoms with Gasteiger partial charge in [-0.05, 0) is 89.9 Å². The second kappa shape index (κ2) is 61.4. The largest absolute Gasteiger partial charge is 0.462 e. The Kier molecular flexibility index (Phi) is 58.7. The lowest BCUT2D eigenvalue weighted by Gasteiger charge is -2.18. The van der Waals surface area contributed by atoms with Crippen molar-refractivity contribution in [1.29, 1.82) is 0 Å². The van der Waals surface area contributed by atoms with Crippen LogP contribution in [0.4, 0.5) is 0 Å². The van der Waals surface area contributed by atoms with Crippen molar-refractivity contribution in [2.45, 2.75) is 322 Å². The molecule has 0 radical (unpaired) electrons. The highest BCUT2D eigenvalue weighted by molar-refractivity contribution is 5.71. The summed E-state index contributed by atoms with van der Waals surface area (Å²) in [5.74, 6) is -0.904. The summed E-state index contributed by atoms with van der Waals surface area (Å²) in [6.45, 7) is 6.52. The number of rotatable bonds is 57. The Morgan fingerprint density at radius 3 is 0.849 bits per heavy atom. The molecule has 422 valence electrons. The number of hydrogen-bond donors (Lipinski definition) is 0. The predicted molar refractivity (Wildman–Crippen MR) is 316 cm³/mol. The molecule has 0 N–H and O–H groups in total. The Hall–Kier alpha value is -3.15. The Balaban J connectivity index is 4.31. The summed E-state index contributed by atoms with van der Waals surface area (Å²) in [4.78, 5) is 38.2. The van der Waals surface area contributed by atoms with E-state index in [0.29, 0.717) is 19.3 Å². The lowest BCUT2D eigenvalue weighted by molar-refractivity contribution is -0.167. The quantitative estimate of drug-likeness (QED) is 0.0261. The zero-order valence-corrected chi connectivity index (χ0v) is 48.4. The van der Waals surface area contributed by atoms with Crippen LogP contribution in [-0.4, -0.2) is 37.2 Å². The molecular formula is C67H118O6. The molecule has 0 aromatic carbocycles. The molecule has 0 aliphatic heterocycles. The number of hydrogen-bond acceptors (Lipinski definition) is 6. The molecule has 1 atom stereocenters. The van der Waals surface area contributed by atoms with Crippen LogP contribution in [0.15, 0.2) is 72.9 Å². The Bertz CT molecular complexity index is 1360. The minimum absolute atomic E-state index is 0.0844. The van der Waals surface area contributed by atoms with Gasteiger partial charge in [0.05, 0.1) is 0 Å². The van der Waals surface area contributed by atoms with Gasteiger partial charge in [0.15, 0.2) is 6.10 Å². The summed E-state index contributed by atoms with van der Waals surface area (Å²) >= 11 is 0. The van der Waals surface area contributed by atoms with E-state index in [-0.39, 0.29) is 31.1 Å². The molecule has 0 aliphatic carbocycles. The van der Waals surface area contributed by atoms with Crippen LogP contribution in [0.2, 0.25) is 0 Å². The average molecular weight is 1020 g/mol. The summed E-state index contributed by atoms with van der Waals surface area (Å²) < 4.78 is 16.9. The first-order valence-electron chi connectivity index (χ1n) is 31.4.